The Kier molecular flexibility index (Phi) is 12.8. The number of allylic oxidation sites excluding steroid dienone is 1. The summed E-state index contributed by atoms with van der Waals surface area (Å²) < 4.78 is 45.2. The standard InChI is InChI=1S/C38H50F3N5O7/c1-7-19-42-32(49)29(47)25(17-18-38(39,40)41)43-31(48)28-26-24(37(26,5)6)20-46(28)33(50)30(36(2,3)4)45-35(52)44-27(23-15-11-12-16-23)34(51)53-21-22-13-9-8-10-14-22/h7-10,13-15,24-28,30H,1,11-12,16-21H2,2-6H3,(H,42,49)(H,43,48)(H2,44,45,52)/t24-,25?,26-,27-,28?,30+/m0/s1. The molecule has 3 aliphatic rings. The van der Waals surface area contributed by atoms with E-state index in [2.05, 4.69) is 27.8 Å². The molecule has 2 aliphatic carbocycles. The van der Waals surface area contributed by atoms with Crippen LogP contribution in [0.5, 0.6) is 0 Å². The van der Waals surface area contributed by atoms with Crippen LogP contribution in [0.4, 0.5) is 18.0 Å². The average Bonchev–Trinajstić information content (AvgIpc) is 3.53. The number of Topliss-reactive ketones (excluding diaryl/α,β-unsaturated/α-hetero) is 1. The Balaban J connectivity index is 1.53. The molecule has 1 aromatic carbocycles. The van der Waals surface area contributed by atoms with E-state index in [1.54, 1.807) is 32.9 Å². The Morgan fingerprint density at radius 2 is 1.72 bits per heavy atom. The van der Waals surface area contributed by atoms with E-state index < -0.39 is 95.4 Å². The normalized spacial score (nSPS) is 21.9. The van der Waals surface area contributed by atoms with Crippen LogP contribution in [0.3, 0.4) is 0 Å². The Morgan fingerprint density at radius 3 is 2.30 bits per heavy atom. The smallest absolute Gasteiger partial charge is 0.389 e. The number of alkyl halides is 3. The number of hydrogen-bond acceptors (Lipinski definition) is 7. The first kappa shape index (κ1) is 41.1. The molecule has 15 heteroatoms. The van der Waals surface area contributed by atoms with Gasteiger partial charge in [0, 0.05) is 19.5 Å². The van der Waals surface area contributed by atoms with Crippen LogP contribution in [0.15, 0.2) is 54.6 Å². The highest BCUT2D eigenvalue weighted by Gasteiger charge is 2.70. The summed E-state index contributed by atoms with van der Waals surface area (Å²) >= 11 is 0. The van der Waals surface area contributed by atoms with E-state index in [1.807, 2.05) is 38.1 Å². The van der Waals surface area contributed by atoms with E-state index in [-0.39, 0.29) is 25.6 Å². The second kappa shape index (κ2) is 16.5. The number of rotatable bonds is 15. The number of urea groups is 1. The monoisotopic (exact) mass is 745 g/mol. The summed E-state index contributed by atoms with van der Waals surface area (Å²) in [5, 5.41) is 9.97. The van der Waals surface area contributed by atoms with E-state index in [1.165, 1.54) is 11.0 Å². The van der Waals surface area contributed by atoms with E-state index in [4.69, 9.17) is 4.74 Å². The molecule has 4 N–H and O–H groups in total. The Bertz CT molecular complexity index is 1600. The fourth-order valence-electron chi connectivity index (χ4n) is 7.25. The fourth-order valence-corrected chi connectivity index (χ4v) is 7.25. The molecule has 1 heterocycles. The first-order valence-corrected chi connectivity index (χ1v) is 17.8. The van der Waals surface area contributed by atoms with Gasteiger partial charge in [-0.15, -0.1) is 6.58 Å². The van der Waals surface area contributed by atoms with Gasteiger partial charge < -0.3 is 30.9 Å². The SMILES string of the molecule is C=CCNC(=O)C(=O)C(CCC(F)(F)F)NC(=O)C1[C@@H]2[C@H](CN1C(=O)[C@@H](NC(=O)N[C@H](C(=O)OCc1ccccc1)C1=CCCC1)C(C)(C)C)C2(C)C. The number of nitrogens with zero attached hydrogens (tertiary/aromatic N) is 1. The average molecular weight is 746 g/mol. The van der Waals surface area contributed by atoms with Crippen LogP contribution < -0.4 is 21.3 Å². The number of benzene rings is 1. The second-order valence-electron chi connectivity index (χ2n) is 15.6. The lowest BCUT2D eigenvalue weighted by Gasteiger charge is -2.38. The van der Waals surface area contributed by atoms with E-state index >= 15 is 0 Å². The summed E-state index contributed by atoms with van der Waals surface area (Å²) in [7, 11) is 0. The maximum absolute atomic E-state index is 14.4. The molecule has 290 valence electrons. The number of carbonyl (C=O) groups is 6. The van der Waals surface area contributed by atoms with Crippen molar-refractivity contribution >= 4 is 35.5 Å². The predicted molar refractivity (Wildman–Crippen MR) is 189 cm³/mol. The minimum atomic E-state index is -4.67. The van der Waals surface area contributed by atoms with Crippen LogP contribution in [-0.4, -0.2) is 83.8 Å². The van der Waals surface area contributed by atoms with Crippen LogP contribution >= 0.6 is 0 Å². The number of fused-ring (bicyclic) bond motifs is 1. The molecule has 4 rings (SSSR count). The number of nitrogens with one attached hydrogen (secondary N) is 4. The van der Waals surface area contributed by atoms with Crippen LogP contribution in [0.25, 0.3) is 0 Å². The first-order chi connectivity index (χ1) is 24.8. The van der Waals surface area contributed by atoms with Crippen molar-refractivity contribution in [2.45, 2.75) is 104 Å². The molecule has 0 spiro atoms. The Labute approximate surface area is 307 Å². The van der Waals surface area contributed by atoms with Gasteiger partial charge >= 0.3 is 18.2 Å². The summed E-state index contributed by atoms with van der Waals surface area (Å²) in [6.45, 7) is 12.4. The van der Waals surface area contributed by atoms with E-state index in [0.29, 0.717) is 12.0 Å². The molecule has 0 radical (unpaired) electrons. The summed E-state index contributed by atoms with van der Waals surface area (Å²) in [4.78, 5) is 81.9. The van der Waals surface area contributed by atoms with Gasteiger partial charge in [0.05, 0.1) is 6.04 Å². The molecule has 6 atom stereocenters. The van der Waals surface area contributed by atoms with Crippen molar-refractivity contribution in [3.63, 3.8) is 0 Å². The largest absolute Gasteiger partial charge is 0.459 e. The third kappa shape index (κ3) is 10.3. The van der Waals surface area contributed by atoms with Crippen molar-refractivity contribution < 1.29 is 46.7 Å². The number of ether oxygens (including phenoxy) is 1. The lowest BCUT2D eigenvalue weighted by Crippen LogP contribution is -2.62. The maximum Gasteiger partial charge on any atom is 0.389 e. The van der Waals surface area contributed by atoms with Gasteiger partial charge in [-0.1, -0.05) is 77.1 Å². The van der Waals surface area contributed by atoms with Crippen LogP contribution in [0, 0.1) is 22.7 Å². The molecule has 2 fully saturated rings. The predicted octanol–water partition coefficient (Wildman–Crippen LogP) is 4.10. The molecule has 1 saturated carbocycles. The third-order valence-electron chi connectivity index (χ3n) is 10.3. The van der Waals surface area contributed by atoms with Gasteiger partial charge in [0.1, 0.15) is 24.7 Å². The first-order valence-electron chi connectivity index (χ1n) is 17.8. The van der Waals surface area contributed by atoms with Crippen LogP contribution in [0.2, 0.25) is 0 Å². The quantitative estimate of drug-likeness (QED) is 0.119. The van der Waals surface area contributed by atoms with Crippen molar-refractivity contribution in [3.05, 3.63) is 60.2 Å². The van der Waals surface area contributed by atoms with Crippen LogP contribution in [-0.2, 0) is 35.3 Å². The molecular weight excluding hydrogens is 695 g/mol. The number of piperidine rings is 1. The fraction of sp³-hybridized carbons (Fsp3) is 0.579. The Morgan fingerprint density at radius 1 is 1.04 bits per heavy atom. The highest BCUT2D eigenvalue weighted by molar-refractivity contribution is 6.38. The highest BCUT2D eigenvalue weighted by Crippen LogP contribution is 2.65. The number of esters is 1. The lowest BCUT2D eigenvalue weighted by atomic mass is 9.85. The Hall–Kier alpha value is -4.69. The van der Waals surface area contributed by atoms with Crippen molar-refractivity contribution in [3.8, 4) is 0 Å². The number of hydrogen-bond donors (Lipinski definition) is 4. The molecule has 53 heavy (non-hydrogen) atoms. The van der Waals surface area contributed by atoms with Gasteiger partial charge in [-0.3, -0.25) is 19.2 Å². The van der Waals surface area contributed by atoms with E-state index in [9.17, 15) is 41.9 Å². The van der Waals surface area contributed by atoms with Gasteiger partial charge in [0.25, 0.3) is 5.91 Å². The number of carbonyl (C=O) groups excluding carboxylic acids is 6. The summed E-state index contributed by atoms with van der Waals surface area (Å²) in [5.41, 5.74) is 0.126. The minimum Gasteiger partial charge on any atom is -0.459 e. The molecule has 12 nitrogen and oxygen atoms in total. The van der Waals surface area contributed by atoms with Crippen molar-refractivity contribution in [2.24, 2.45) is 22.7 Å². The maximum atomic E-state index is 14.4. The molecule has 2 unspecified atom stereocenters. The molecule has 0 aromatic heterocycles. The zero-order valence-electron chi connectivity index (χ0n) is 30.8. The highest BCUT2D eigenvalue weighted by atomic mass is 19.4. The van der Waals surface area contributed by atoms with E-state index in [0.717, 1.165) is 18.4 Å². The topological polar surface area (TPSA) is 163 Å². The van der Waals surface area contributed by atoms with Crippen molar-refractivity contribution in [2.75, 3.05) is 13.1 Å². The molecule has 5 amide bonds. The molecule has 1 aliphatic heterocycles. The van der Waals surface area contributed by atoms with Gasteiger partial charge in [0.2, 0.25) is 17.6 Å². The van der Waals surface area contributed by atoms with Gasteiger partial charge in [-0.2, -0.15) is 13.2 Å². The van der Waals surface area contributed by atoms with Gasteiger partial charge in [-0.25, -0.2) is 9.59 Å². The second-order valence-corrected chi connectivity index (χ2v) is 15.6. The molecule has 1 aromatic rings. The van der Waals surface area contributed by atoms with Crippen molar-refractivity contribution in [1.29, 1.82) is 0 Å². The van der Waals surface area contributed by atoms with Crippen LogP contribution in [0.1, 0.15) is 72.3 Å². The number of ketones is 1. The zero-order valence-corrected chi connectivity index (χ0v) is 30.8. The molecule has 0 bridgehead atoms. The van der Waals surface area contributed by atoms with Crippen molar-refractivity contribution in [1.82, 2.24) is 26.2 Å². The van der Waals surface area contributed by atoms with Gasteiger partial charge in [-0.05, 0) is 59.5 Å². The van der Waals surface area contributed by atoms with Gasteiger partial charge in [0.15, 0.2) is 0 Å². The lowest BCUT2D eigenvalue weighted by molar-refractivity contribution is -0.148. The summed E-state index contributed by atoms with van der Waals surface area (Å²) in [6, 6.07) is 2.91. The minimum absolute atomic E-state index is 0.00486. The third-order valence-corrected chi connectivity index (χ3v) is 10.3. The number of halogens is 3. The summed E-state index contributed by atoms with van der Waals surface area (Å²) in [6.07, 6.45) is -1.74. The zero-order chi connectivity index (χ0) is 39.3. The molecule has 1 saturated heterocycles. The molecular formula is C38H50F3N5O7. The summed E-state index contributed by atoms with van der Waals surface area (Å²) in [5.74, 6) is -5.14. The number of likely N-dealkylation sites (tertiary alicyclic amines) is 1. The number of amides is 5.